The SMILES string of the molecule is CCCS(=O)c1cc(C(C)(C)C)c(O)c(C(=O)Nc2ccc(SC(F)(F)F)cc2Cl)c1C. The Kier molecular flexibility index (Phi) is 8.34. The lowest BCUT2D eigenvalue weighted by Gasteiger charge is -2.25. The maximum Gasteiger partial charge on any atom is 0.446 e. The fourth-order valence-corrected chi connectivity index (χ4v) is 5.26. The van der Waals surface area contributed by atoms with Gasteiger partial charge in [0.2, 0.25) is 0 Å². The maximum absolute atomic E-state index is 13.1. The Morgan fingerprint density at radius 2 is 1.84 bits per heavy atom. The predicted octanol–water partition coefficient (Wildman–Crippen LogP) is 7.03. The van der Waals surface area contributed by atoms with Crippen LogP contribution in [0.15, 0.2) is 34.1 Å². The summed E-state index contributed by atoms with van der Waals surface area (Å²) < 4.78 is 50.5. The van der Waals surface area contributed by atoms with E-state index >= 15 is 0 Å². The first kappa shape index (κ1) is 26.5. The van der Waals surface area contributed by atoms with Gasteiger partial charge in [-0.25, -0.2) is 0 Å². The van der Waals surface area contributed by atoms with Gasteiger partial charge in [0.15, 0.2) is 0 Å². The van der Waals surface area contributed by atoms with E-state index in [-0.39, 0.29) is 38.7 Å². The van der Waals surface area contributed by atoms with Crippen LogP contribution in [0.3, 0.4) is 0 Å². The second-order valence-corrected chi connectivity index (χ2v) is 11.3. The van der Waals surface area contributed by atoms with Gasteiger partial charge in [-0.05, 0) is 60.4 Å². The largest absolute Gasteiger partial charge is 0.507 e. The summed E-state index contributed by atoms with van der Waals surface area (Å²) in [5.74, 6) is -0.524. The Morgan fingerprint density at radius 3 is 2.34 bits per heavy atom. The first-order valence-electron chi connectivity index (χ1n) is 9.77. The molecule has 0 saturated carbocycles. The summed E-state index contributed by atoms with van der Waals surface area (Å²) in [5, 5.41) is 13.4. The second kappa shape index (κ2) is 10.1. The fraction of sp³-hybridized carbons (Fsp3) is 0.409. The molecule has 2 aromatic rings. The van der Waals surface area contributed by atoms with Gasteiger partial charge in [0.05, 0.1) is 27.1 Å². The van der Waals surface area contributed by atoms with Gasteiger partial charge in [-0.3, -0.25) is 9.00 Å². The van der Waals surface area contributed by atoms with Crippen molar-refractivity contribution in [3.63, 3.8) is 0 Å². The van der Waals surface area contributed by atoms with Gasteiger partial charge in [0.25, 0.3) is 5.91 Å². The fourth-order valence-electron chi connectivity index (χ4n) is 3.10. The number of anilines is 1. The molecule has 0 spiro atoms. The van der Waals surface area contributed by atoms with Crippen molar-refractivity contribution in [3.05, 3.63) is 46.0 Å². The van der Waals surface area contributed by atoms with Gasteiger partial charge in [-0.1, -0.05) is 39.3 Å². The summed E-state index contributed by atoms with van der Waals surface area (Å²) in [5.41, 5.74) is -4.10. The van der Waals surface area contributed by atoms with Gasteiger partial charge < -0.3 is 10.4 Å². The molecule has 0 aliphatic heterocycles. The van der Waals surface area contributed by atoms with E-state index in [0.29, 0.717) is 28.2 Å². The highest BCUT2D eigenvalue weighted by molar-refractivity contribution is 8.00. The zero-order valence-corrected chi connectivity index (χ0v) is 20.7. The molecule has 0 bridgehead atoms. The average Bonchev–Trinajstić information content (AvgIpc) is 2.62. The quantitative estimate of drug-likeness (QED) is 0.412. The lowest BCUT2D eigenvalue weighted by atomic mass is 9.84. The first-order valence-corrected chi connectivity index (χ1v) is 12.3. The minimum absolute atomic E-state index is 0.0401. The number of thioether (sulfide) groups is 1. The number of benzene rings is 2. The van der Waals surface area contributed by atoms with Gasteiger partial charge in [-0.15, -0.1) is 0 Å². The van der Waals surface area contributed by atoms with Crippen molar-refractivity contribution >= 4 is 45.8 Å². The Labute approximate surface area is 197 Å². The van der Waals surface area contributed by atoms with Crippen LogP contribution in [0.5, 0.6) is 5.75 Å². The lowest BCUT2D eigenvalue weighted by Crippen LogP contribution is -2.20. The molecule has 10 heteroatoms. The number of rotatable bonds is 6. The normalized spacial score (nSPS) is 13.2. The molecule has 1 amide bonds. The zero-order valence-electron chi connectivity index (χ0n) is 18.3. The zero-order chi connectivity index (χ0) is 24.4. The Balaban J connectivity index is 2.51. The number of amides is 1. The maximum atomic E-state index is 13.1. The van der Waals surface area contributed by atoms with Crippen LogP contribution in [0, 0.1) is 6.92 Å². The highest BCUT2D eigenvalue weighted by Gasteiger charge is 2.30. The van der Waals surface area contributed by atoms with Crippen molar-refractivity contribution in [2.45, 2.75) is 61.8 Å². The molecule has 0 heterocycles. The smallest absolute Gasteiger partial charge is 0.446 e. The summed E-state index contributed by atoms with van der Waals surface area (Å²) in [6, 6.07) is 5.24. The molecule has 176 valence electrons. The summed E-state index contributed by atoms with van der Waals surface area (Å²) in [7, 11) is -1.37. The molecule has 2 rings (SSSR count). The van der Waals surface area contributed by atoms with E-state index in [1.54, 1.807) is 13.0 Å². The summed E-state index contributed by atoms with van der Waals surface area (Å²) >= 11 is 5.78. The predicted molar refractivity (Wildman–Crippen MR) is 124 cm³/mol. The van der Waals surface area contributed by atoms with Crippen LogP contribution in [0.4, 0.5) is 18.9 Å². The summed E-state index contributed by atoms with van der Waals surface area (Å²) in [4.78, 5) is 13.5. The standard InChI is InChI=1S/C22H25ClF3NO3S2/c1-6-9-32(30)17-11-14(21(3,4)5)19(28)18(12(17)2)20(29)27-16-8-7-13(10-15(16)23)31-22(24,25)26/h7-8,10-11,28H,6,9H2,1-5H3,(H,27,29). The number of hydrogen-bond acceptors (Lipinski definition) is 4. The van der Waals surface area contributed by atoms with Crippen molar-refractivity contribution in [1.82, 2.24) is 0 Å². The van der Waals surface area contributed by atoms with Crippen LogP contribution >= 0.6 is 23.4 Å². The Hall–Kier alpha value is -1.71. The van der Waals surface area contributed by atoms with Crippen molar-refractivity contribution in [2.24, 2.45) is 0 Å². The van der Waals surface area contributed by atoms with Crippen molar-refractivity contribution < 1.29 is 27.3 Å². The van der Waals surface area contributed by atoms with Crippen LogP contribution in [-0.4, -0.2) is 26.5 Å². The van der Waals surface area contributed by atoms with E-state index in [0.717, 1.165) is 6.07 Å². The van der Waals surface area contributed by atoms with Gasteiger partial charge in [0.1, 0.15) is 5.75 Å². The monoisotopic (exact) mass is 507 g/mol. The van der Waals surface area contributed by atoms with E-state index in [1.807, 2.05) is 27.7 Å². The average molecular weight is 508 g/mol. The number of carbonyl (C=O) groups excluding carboxylic acids is 1. The molecule has 0 radical (unpaired) electrons. The molecule has 0 aliphatic rings. The number of halogens is 4. The number of phenolic OH excluding ortho intramolecular Hbond substituents is 1. The third-order valence-corrected chi connectivity index (χ3v) is 7.33. The highest BCUT2D eigenvalue weighted by atomic mass is 35.5. The molecule has 1 atom stereocenters. The second-order valence-electron chi connectivity index (χ2n) is 8.21. The van der Waals surface area contributed by atoms with E-state index in [2.05, 4.69) is 5.32 Å². The molecular formula is C22H25ClF3NO3S2. The number of alkyl halides is 3. The summed E-state index contributed by atoms with van der Waals surface area (Å²) in [6.07, 6.45) is 0.678. The molecular weight excluding hydrogens is 483 g/mol. The van der Waals surface area contributed by atoms with Crippen molar-refractivity contribution in [2.75, 3.05) is 11.1 Å². The molecule has 0 aromatic heterocycles. The van der Waals surface area contributed by atoms with Crippen molar-refractivity contribution in [3.8, 4) is 5.75 Å². The lowest BCUT2D eigenvalue weighted by molar-refractivity contribution is -0.0328. The van der Waals surface area contributed by atoms with E-state index in [4.69, 9.17) is 11.6 Å². The van der Waals surface area contributed by atoms with Crippen LogP contribution in [0.2, 0.25) is 5.02 Å². The Morgan fingerprint density at radius 1 is 1.22 bits per heavy atom. The van der Waals surface area contributed by atoms with Crippen LogP contribution in [0.25, 0.3) is 0 Å². The summed E-state index contributed by atoms with van der Waals surface area (Å²) in [6.45, 7) is 9.09. The molecule has 4 nitrogen and oxygen atoms in total. The molecule has 0 aliphatic carbocycles. The number of phenols is 1. The molecule has 0 saturated heterocycles. The minimum Gasteiger partial charge on any atom is -0.507 e. The van der Waals surface area contributed by atoms with Crippen LogP contribution in [-0.2, 0) is 16.2 Å². The third kappa shape index (κ3) is 6.42. The molecule has 2 N–H and O–H groups in total. The van der Waals surface area contributed by atoms with Crippen LogP contribution in [0.1, 0.15) is 55.6 Å². The number of hydrogen-bond donors (Lipinski definition) is 2. The number of carbonyl (C=O) groups is 1. The number of aromatic hydroxyl groups is 1. The van der Waals surface area contributed by atoms with E-state index in [1.165, 1.54) is 12.1 Å². The van der Waals surface area contributed by atoms with Gasteiger partial charge in [-0.2, -0.15) is 13.2 Å². The third-order valence-electron chi connectivity index (χ3n) is 4.60. The molecule has 0 fully saturated rings. The number of nitrogens with one attached hydrogen (secondary N) is 1. The Bertz CT molecular complexity index is 1050. The van der Waals surface area contributed by atoms with Crippen molar-refractivity contribution in [1.29, 1.82) is 0 Å². The molecule has 2 aromatic carbocycles. The van der Waals surface area contributed by atoms with Crippen LogP contribution < -0.4 is 5.32 Å². The molecule has 32 heavy (non-hydrogen) atoms. The van der Waals surface area contributed by atoms with Gasteiger partial charge in [0, 0.05) is 21.1 Å². The first-order chi connectivity index (χ1) is 14.7. The minimum atomic E-state index is -4.46. The molecule has 1 unspecified atom stereocenters. The highest BCUT2D eigenvalue weighted by Crippen LogP contribution is 2.40. The topological polar surface area (TPSA) is 66.4 Å². The van der Waals surface area contributed by atoms with E-state index < -0.39 is 27.6 Å². The van der Waals surface area contributed by atoms with Gasteiger partial charge >= 0.3 is 5.51 Å². The van der Waals surface area contributed by atoms with E-state index in [9.17, 15) is 27.3 Å².